The molecule has 0 fully saturated rings. The number of rotatable bonds is 16. The van der Waals surface area contributed by atoms with Gasteiger partial charge < -0.3 is 20.5 Å². The number of hydrogen-bond acceptors (Lipinski definition) is 7. The first-order valence-corrected chi connectivity index (χ1v) is 18.2. The van der Waals surface area contributed by atoms with E-state index in [9.17, 15) is 19.5 Å². The molecule has 0 spiro atoms. The van der Waals surface area contributed by atoms with Crippen LogP contribution < -0.4 is 15.4 Å². The predicted octanol–water partition coefficient (Wildman–Crippen LogP) is 8.07. The summed E-state index contributed by atoms with van der Waals surface area (Å²) in [5.74, 6) is -0.676. The highest BCUT2D eigenvalue weighted by Crippen LogP contribution is 2.32. The lowest BCUT2D eigenvalue weighted by atomic mass is 9.95. The minimum absolute atomic E-state index is 0.117. The van der Waals surface area contributed by atoms with Gasteiger partial charge in [-0.25, -0.2) is 9.97 Å². The highest BCUT2D eigenvalue weighted by atomic mass is 32.1. The maximum Gasteiger partial charge on any atom is 0.325 e. The third-order valence-electron chi connectivity index (χ3n) is 8.54. The smallest absolute Gasteiger partial charge is 0.325 e. The van der Waals surface area contributed by atoms with E-state index in [1.807, 2.05) is 42.7 Å². The Morgan fingerprint density at radius 1 is 0.880 bits per heavy atom. The highest BCUT2D eigenvalue weighted by molar-refractivity contribution is 7.14. The van der Waals surface area contributed by atoms with E-state index in [1.165, 1.54) is 43.9 Å². The molecule has 0 saturated carbocycles. The molecule has 266 valence electrons. The minimum Gasteiger partial charge on any atom is -0.494 e. The number of aromatic nitrogens is 2. The summed E-state index contributed by atoms with van der Waals surface area (Å²) in [6, 6.07) is 13.2. The lowest BCUT2D eigenvalue weighted by Gasteiger charge is -2.20. The van der Waals surface area contributed by atoms with Crippen LogP contribution in [0.4, 0.5) is 0 Å². The topological polar surface area (TPSA) is 131 Å². The Kier molecular flexibility index (Phi) is 13.3. The summed E-state index contributed by atoms with van der Waals surface area (Å²) in [4.78, 5) is 48.6. The fraction of sp³-hybridized carbons (Fsp3) is 0.425. The number of nitrogens with one attached hydrogen (secondary N) is 2. The molecule has 9 nitrogen and oxygen atoms in total. The standard InChI is InChI=1S/C40H50N4O5S/c1-8-9-10-11-12-19-49-31-20-25(2)35(26(3)21-31)30-23-41-36(42-24-30)29-15-13-28(14-16-29)22-32(37(45)43-27(4)39(47)48)44-38(46)33-17-18-34(50-33)40(5,6)7/h13-18,20-21,23-24,27,32H,8-12,19,22H2,1-7H3,(H,43,45)(H,44,46)(H,47,48)/t27-,32+/m1/s1. The fourth-order valence-electron chi connectivity index (χ4n) is 5.67. The van der Waals surface area contributed by atoms with Gasteiger partial charge in [0.15, 0.2) is 5.82 Å². The van der Waals surface area contributed by atoms with Crippen LogP contribution in [0.1, 0.15) is 98.0 Å². The van der Waals surface area contributed by atoms with Crippen molar-refractivity contribution in [3.05, 3.63) is 87.4 Å². The Labute approximate surface area is 299 Å². The van der Waals surface area contributed by atoms with E-state index < -0.39 is 24.0 Å². The SMILES string of the molecule is CCCCCCCOc1cc(C)c(-c2cnc(-c3ccc(C[C@H](NC(=O)c4ccc(C(C)(C)C)s4)C(=O)N[C@H](C)C(=O)O)cc3)nc2)c(C)c1. The van der Waals surface area contributed by atoms with Crippen molar-refractivity contribution >= 4 is 29.1 Å². The van der Waals surface area contributed by atoms with Crippen molar-refractivity contribution in [3.8, 4) is 28.3 Å². The van der Waals surface area contributed by atoms with Crippen molar-refractivity contribution in [1.82, 2.24) is 20.6 Å². The summed E-state index contributed by atoms with van der Waals surface area (Å²) in [6.45, 7) is 14.7. The van der Waals surface area contributed by atoms with E-state index in [0.717, 1.165) is 57.0 Å². The average Bonchev–Trinajstić information content (AvgIpc) is 3.58. The second kappa shape index (κ2) is 17.4. The van der Waals surface area contributed by atoms with Gasteiger partial charge in [-0.3, -0.25) is 14.4 Å². The van der Waals surface area contributed by atoms with Gasteiger partial charge in [-0.2, -0.15) is 0 Å². The van der Waals surface area contributed by atoms with Gasteiger partial charge in [0.05, 0.1) is 11.5 Å². The zero-order valence-corrected chi connectivity index (χ0v) is 31.1. The molecule has 4 rings (SSSR count). The molecule has 2 aromatic heterocycles. The summed E-state index contributed by atoms with van der Waals surface area (Å²) in [5, 5.41) is 14.7. The Morgan fingerprint density at radius 3 is 2.10 bits per heavy atom. The maximum absolute atomic E-state index is 13.2. The quantitative estimate of drug-likeness (QED) is 0.101. The number of benzene rings is 2. The first-order valence-electron chi connectivity index (χ1n) is 17.4. The lowest BCUT2D eigenvalue weighted by molar-refractivity contribution is -0.141. The van der Waals surface area contributed by atoms with Crippen LogP contribution in [0.5, 0.6) is 5.75 Å². The zero-order chi connectivity index (χ0) is 36.4. The number of nitrogens with zero attached hydrogens (tertiary/aromatic N) is 2. The lowest BCUT2D eigenvalue weighted by Crippen LogP contribution is -2.51. The number of amides is 2. The molecule has 2 atom stereocenters. The molecule has 0 unspecified atom stereocenters. The van der Waals surface area contributed by atoms with Crippen molar-refractivity contribution in [1.29, 1.82) is 0 Å². The van der Waals surface area contributed by atoms with Crippen LogP contribution in [0, 0.1) is 13.8 Å². The van der Waals surface area contributed by atoms with Crippen LogP contribution in [-0.2, 0) is 21.4 Å². The number of aryl methyl sites for hydroxylation is 2. The molecular weight excluding hydrogens is 649 g/mol. The molecular formula is C40H50N4O5S. The molecule has 0 bridgehead atoms. The summed E-state index contributed by atoms with van der Waals surface area (Å²) >= 11 is 1.38. The first-order chi connectivity index (χ1) is 23.8. The molecule has 10 heteroatoms. The molecule has 2 heterocycles. The molecule has 2 aromatic carbocycles. The molecule has 0 aliphatic heterocycles. The fourth-order valence-corrected chi connectivity index (χ4v) is 6.63. The van der Waals surface area contributed by atoms with Crippen molar-refractivity contribution in [2.24, 2.45) is 0 Å². The van der Waals surface area contributed by atoms with Crippen molar-refractivity contribution in [2.45, 2.75) is 104 Å². The number of unbranched alkanes of at least 4 members (excludes halogenated alkanes) is 4. The third-order valence-corrected chi connectivity index (χ3v) is 10.0. The normalized spacial score (nSPS) is 12.6. The van der Waals surface area contributed by atoms with Crippen LogP contribution >= 0.6 is 11.3 Å². The van der Waals surface area contributed by atoms with E-state index in [4.69, 9.17) is 4.74 Å². The summed E-state index contributed by atoms with van der Waals surface area (Å²) < 4.78 is 6.04. The van der Waals surface area contributed by atoms with Gasteiger partial charge in [-0.1, -0.05) is 77.6 Å². The molecule has 0 aliphatic rings. The Bertz CT molecular complexity index is 1740. The minimum atomic E-state index is -1.16. The molecule has 4 aromatic rings. The maximum atomic E-state index is 13.2. The number of carboxylic acid groups (broad SMARTS) is 1. The number of hydrogen-bond donors (Lipinski definition) is 3. The summed E-state index contributed by atoms with van der Waals surface area (Å²) in [6.07, 6.45) is 9.82. The number of thiophene rings is 1. The van der Waals surface area contributed by atoms with Gasteiger partial charge in [-0.15, -0.1) is 11.3 Å². The number of aliphatic carboxylic acids is 1. The molecule has 0 saturated heterocycles. The van der Waals surface area contributed by atoms with E-state index in [2.05, 4.69) is 74.3 Å². The second-order valence-electron chi connectivity index (χ2n) is 13.9. The Hall–Kier alpha value is -4.57. The van der Waals surface area contributed by atoms with E-state index in [-0.39, 0.29) is 17.7 Å². The molecule has 2 amide bonds. The third kappa shape index (κ3) is 10.5. The van der Waals surface area contributed by atoms with Crippen molar-refractivity contribution in [3.63, 3.8) is 0 Å². The van der Waals surface area contributed by atoms with Gasteiger partial charge in [0, 0.05) is 34.8 Å². The van der Waals surface area contributed by atoms with Crippen LogP contribution in [0.25, 0.3) is 22.5 Å². The summed E-state index contributed by atoms with van der Waals surface area (Å²) in [5.41, 5.74) is 5.68. The molecule has 3 N–H and O–H groups in total. The van der Waals surface area contributed by atoms with Crippen LogP contribution in [-0.4, -0.2) is 51.5 Å². The van der Waals surface area contributed by atoms with Crippen molar-refractivity contribution in [2.75, 3.05) is 6.61 Å². The Balaban J connectivity index is 1.45. The Morgan fingerprint density at radius 2 is 1.52 bits per heavy atom. The highest BCUT2D eigenvalue weighted by Gasteiger charge is 2.26. The van der Waals surface area contributed by atoms with Crippen LogP contribution in [0.3, 0.4) is 0 Å². The second-order valence-corrected chi connectivity index (χ2v) is 15.0. The monoisotopic (exact) mass is 698 g/mol. The predicted molar refractivity (Wildman–Crippen MR) is 200 cm³/mol. The number of carbonyl (C=O) groups is 3. The van der Waals surface area contributed by atoms with Crippen molar-refractivity contribution < 1.29 is 24.2 Å². The van der Waals surface area contributed by atoms with Gasteiger partial charge in [-0.05, 0) is 79.1 Å². The molecule has 0 aliphatic carbocycles. The van der Waals surface area contributed by atoms with E-state index in [0.29, 0.717) is 10.7 Å². The number of carbonyl (C=O) groups excluding carboxylic acids is 2. The van der Waals surface area contributed by atoms with Crippen LogP contribution in [0.2, 0.25) is 0 Å². The van der Waals surface area contributed by atoms with Crippen LogP contribution in [0.15, 0.2) is 60.9 Å². The van der Waals surface area contributed by atoms with Gasteiger partial charge in [0.25, 0.3) is 5.91 Å². The largest absolute Gasteiger partial charge is 0.494 e. The van der Waals surface area contributed by atoms with Gasteiger partial charge in [0.2, 0.25) is 5.91 Å². The number of ether oxygens (including phenoxy) is 1. The van der Waals surface area contributed by atoms with Gasteiger partial charge >= 0.3 is 5.97 Å². The van der Waals surface area contributed by atoms with E-state index >= 15 is 0 Å². The van der Waals surface area contributed by atoms with Gasteiger partial charge in [0.1, 0.15) is 17.8 Å². The first kappa shape index (κ1) is 38.2. The number of carboxylic acids is 1. The zero-order valence-electron chi connectivity index (χ0n) is 30.3. The molecule has 0 radical (unpaired) electrons. The summed E-state index contributed by atoms with van der Waals surface area (Å²) in [7, 11) is 0. The average molecular weight is 699 g/mol. The molecule has 50 heavy (non-hydrogen) atoms. The van der Waals surface area contributed by atoms with E-state index in [1.54, 1.807) is 6.07 Å².